The van der Waals surface area contributed by atoms with Crippen LogP contribution in [0.15, 0.2) is 0 Å². The molecule has 1 saturated carbocycles. The summed E-state index contributed by atoms with van der Waals surface area (Å²) in [6, 6.07) is 1.81. The van der Waals surface area contributed by atoms with Gasteiger partial charge in [-0.15, -0.1) is 0 Å². The Morgan fingerprint density at radius 3 is 2.67 bits per heavy atom. The molecule has 4 heteroatoms. The van der Waals surface area contributed by atoms with Gasteiger partial charge in [0.15, 0.2) is 5.67 Å². The summed E-state index contributed by atoms with van der Waals surface area (Å²) in [7, 11) is 1.45. The highest BCUT2D eigenvalue weighted by Crippen LogP contribution is 2.37. The molecule has 0 aliphatic heterocycles. The molecule has 0 unspecified atom stereocenters. The normalized spacial score (nSPS) is 19.1. The van der Waals surface area contributed by atoms with Crippen molar-refractivity contribution in [2.45, 2.75) is 24.9 Å². The summed E-state index contributed by atoms with van der Waals surface area (Å²) in [6.45, 7) is -0.0372. The number of halogens is 1. The van der Waals surface area contributed by atoms with Crippen molar-refractivity contribution in [3.63, 3.8) is 0 Å². The van der Waals surface area contributed by atoms with Crippen molar-refractivity contribution in [3.8, 4) is 6.07 Å². The molecule has 0 N–H and O–H groups in total. The lowest BCUT2D eigenvalue weighted by molar-refractivity contribution is -0.147. The minimum atomic E-state index is -1.66. The molecule has 0 aromatic carbocycles. The smallest absolute Gasteiger partial charge is 0.260 e. The van der Waals surface area contributed by atoms with Crippen LogP contribution in [0.3, 0.4) is 0 Å². The predicted molar refractivity (Wildman–Crippen MR) is 40.9 cm³/mol. The average Bonchev–Trinajstić information content (AvgIpc) is 1.99. The Balaban J connectivity index is 2.52. The Bertz CT molecular complexity index is 230. The topological polar surface area (TPSA) is 44.1 Å². The van der Waals surface area contributed by atoms with Crippen molar-refractivity contribution in [2.24, 2.45) is 0 Å². The first kappa shape index (κ1) is 8.98. The molecule has 1 fully saturated rings. The second-order valence-corrected chi connectivity index (χ2v) is 3.14. The van der Waals surface area contributed by atoms with Crippen LogP contribution in [0.1, 0.15) is 19.3 Å². The molecule has 1 amide bonds. The minimum absolute atomic E-state index is 0.0372. The summed E-state index contributed by atoms with van der Waals surface area (Å²) in [5.74, 6) is -0.546. The summed E-state index contributed by atoms with van der Waals surface area (Å²) in [4.78, 5) is 12.4. The van der Waals surface area contributed by atoms with Crippen LogP contribution in [-0.4, -0.2) is 30.1 Å². The maximum atomic E-state index is 13.4. The molecule has 0 atom stereocenters. The zero-order valence-electron chi connectivity index (χ0n) is 7.01. The molecule has 0 bridgehead atoms. The van der Waals surface area contributed by atoms with Gasteiger partial charge < -0.3 is 4.90 Å². The lowest BCUT2D eigenvalue weighted by Crippen LogP contribution is -2.48. The van der Waals surface area contributed by atoms with Gasteiger partial charge in [-0.3, -0.25) is 4.79 Å². The van der Waals surface area contributed by atoms with E-state index in [1.807, 2.05) is 6.07 Å². The molecule has 0 heterocycles. The number of nitrogens with zero attached hydrogens (tertiary/aromatic N) is 2. The van der Waals surface area contributed by atoms with Crippen LogP contribution in [0.4, 0.5) is 4.39 Å². The van der Waals surface area contributed by atoms with E-state index in [9.17, 15) is 9.18 Å². The van der Waals surface area contributed by atoms with Crippen LogP contribution >= 0.6 is 0 Å². The fraction of sp³-hybridized carbons (Fsp3) is 0.750. The van der Waals surface area contributed by atoms with Gasteiger partial charge in [0.2, 0.25) is 0 Å². The van der Waals surface area contributed by atoms with E-state index in [1.165, 1.54) is 7.05 Å². The van der Waals surface area contributed by atoms with Gasteiger partial charge in [-0.05, 0) is 19.3 Å². The average molecular weight is 170 g/mol. The number of alkyl halides is 1. The molecule has 0 aromatic rings. The number of rotatable bonds is 2. The first-order valence-corrected chi connectivity index (χ1v) is 3.91. The maximum absolute atomic E-state index is 13.4. The molecular formula is C8H11FN2O. The SMILES string of the molecule is CN(CC#N)C(=O)C1(F)CCC1. The van der Waals surface area contributed by atoms with Gasteiger partial charge in [0.25, 0.3) is 5.91 Å². The Labute approximate surface area is 70.8 Å². The third kappa shape index (κ3) is 1.40. The van der Waals surface area contributed by atoms with Gasteiger partial charge in [-0.2, -0.15) is 5.26 Å². The molecule has 0 radical (unpaired) electrons. The van der Waals surface area contributed by atoms with Gasteiger partial charge in [-0.1, -0.05) is 0 Å². The van der Waals surface area contributed by atoms with E-state index in [1.54, 1.807) is 0 Å². The summed E-state index contributed by atoms with van der Waals surface area (Å²) >= 11 is 0. The van der Waals surface area contributed by atoms with Crippen LogP contribution in [0, 0.1) is 11.3 Å². The number of carbonyl (C=O) groups is 1. The molecular weight excluding hydrogens is 159 g/mol. The number of amides is 1. The van der Waals surface area contributed by atoms with E-state index in [4.69, 9.17) is 5.26 Å². The predicted octanol–water partition coefficient (Wildman–Crippen LogP) is 0.861. The zero-order valence-corrected chi connectivity index (χ0v) is 7.01. The number of carbonyl (C=O) groups excluding carboxylic acids is 1. The number of hydrogen-bond acceptors (Lipinski definition) is 2. The van der Waals surface area contributed by atoms with Crippen LogP contribution in [0.5, 0.6) is 0 Å². The molecule has 1 rings (SSSR count). The van der Waals surface area contributed by atoms with Crippen molar-refractivity contribution in [2.75, 3.05) is 13.6 Å². The summed E-state index contributed by atoms with van der Waals surface area (Å²) in [5, 5.41) is 8.28. The quantitative estimate of drug-likeness (QED) is 0.577. The molecule has 12 heavy (non-hydrogen) atoms. The van der Waals surface area contributed by atoms with Crippen LogP contribution in [-0.2, 0) is 4.79 Å². The third-order valence-electron chi connectivity index (χ3n) is 2.18. The van der Waals surface area contributed by atoms with E-state index in [2.05, 4.69) is 0 Å². The molecule has 0 spiro atoms. The highest BCUT2D eigenvalue weighted by molar-refractivity contribution is 5.86. The summed E-state index contributed by atoms with van der Waals surface area (Å²) in [6.07, 6.45) is 1.38. The lowest BCUT2D eigenvalue weighted by atomic mass is 9.81. The highest BCUT2D eigenvalue weighted by Gasteiger charge is 2.45. The number of nitriles is 1. The highest BCUT2D eigenvalue weighted by atomic mass is 19.1. The maximum Gasteiger partial charge on any atom is 0.260 e. The monoisotopic (exact) mass is 170 g/mol. The van der Waals surface area contributed by atoms with Crippen molar-refractivity contribution in [1.29, 1.82) is 5.26 Å². The van der Waals surface area contributed by atoms with Gasteiger partial charge in [-0.25, -0.2) is 4.39 Å². The summed E-state index contributed by atoms with van der Waals surface area (Å²) in [5.41, 5.74) is -1.66. The van der Waals surface area contributed by atoms with E-state index in [0.717, 1.165) is 11.3 Å². The molecule has 1 aliphatic carbocycles. The molecule has 0 aromatic heterocycles. The minimum Gasteiger partial charge on any atom is -0.330 e. The second kappa shape index (κ2) is 3.10. The zero-order chi connectivity index (χ0) is 9.19. The Morgan fingerprint density at radius 2 is 2.33 bits per heavy atom. The van der Waals surface area contributed by atoms with Gasteiger partial charge in [0.1, 0.15) is 6.54 Å². The largest absolute Gasteiger partial charge is 0.330 e. The number of hydrogen-bond donors (Lipinski definition) is 0. The fourth-order valence-electron chi connectivity index (χ4n) is 1.22. The fourth-order valence-corrected chi connectivity index (χ4v) is 1.22. The Morgan fingerprint density at radius 1 is 1.75 bits per heavy atom. The van der Waals surface area contributed by atoms with Crippen LogP contribution in [0.2, 0.25) is 0 Å². The van der Waals surface area contributed by atoms with E-state index < -0.39 is 11.6 Å². The van der Waals surface area contributed by atoms with Crippen molar-refractivity contribution < 1.29 is 9.18 Å². The Hall–Kier alpha value is -1.11. The molecule has 66 valence electrons. The van der Waals surface area contributed by atoms with Crippen LogP contribution in [0.25, 0.3) is 0 Å². The molecule has 0 saturated heterocycles. The first-order valence-electron chi connectivity index (χ1n) is 3.91. The van der Waals surface area contributed by atoms with Crippen molar-refractivity contribution >= 4 is 5.91 Å². The van der Waals surface area contributed by atoms with E-state index >= 15 is 0 Å². The summed E-state index contributed by atoms with van der Waals surface area (Å²) < 4.78 is 13.4. The van der Waals surface area contributed by atoms with E-state index in [0.29, 0.717) is 12.8 Å². The second-order valence-electron chi connectivity index (χ2n) is 3.14. The Kier molecular flexibility index (Phi) is 2.32. The third-order valence-corrected chi connectivity index (χ3v) is 2.18. The van der Waals surface area contributed by atoms with Crippen molar-refractivity contribution in [1.82, 2.24) is 4.90 Å². The van der Waals surface area contributed by atoms with Gasteiger partial charge in [0, 0.05) is 7.05 Å². The molecule has 1 aliphatic rings. The lowest BCUT2D eigenvalue weighted by Gasteiger charge is -2.34. The standard InChI is InChI=1S/C8H11FN2O/c1-11(6-5-10)7(12)8(9)3-2-4-8/h2-4,6H2,1H3. The van der Waals surface area contributed by atoms with Gasteiger partial charge in [0.05, 0.1) is 6.07 Å². The van der Waals surface area contributed by atoms with Crippen molar-refractivity contribution in [3.05, 3.63) is 0 Å². The molecule has 3 nitrogen and oxygen atoms in total. The van der Waals surface area contributed by atoms with Gasteiger partial charge >= 0.3 is 0 Å². The van der Waals surface area contributed by atoms with Crippen LogP contribution < -0.4 is 0 Å². The van der Waals surface area contributed by atoms with E-state index in [-0.39, 0.29) is 6.54 Å². The first-order chi connectivity index (χ1) is 5.60.